The van der Waals surface area contributed by atoms with Gasteiger partial charge in [-0.05, 0) is 26.3 Å². The fourth-order valence-electron chi connectivity index (χ4n) is 2.33. The molecule has 0 saturated heterocycles. The van der Waals surface area contributed by atoms with Gasteiger partial charge in [0.2, 0.25) is 0 Å². The quantitative estimate of drug-likeness (QED) is 0.671. The monoisotopic (exact) mass is 185 g/mol. The molecule has 0 aliphatic heterocycles. The van der Waals surface area contributed by atoms with Crippen LogP contribution in [-0.2, 0) is 9.53 Å². The van der Waals surface area contributed by atoms with Crippen molar-refractivity contribution in [1.29, 1.82) is 0 Å². The van der Waals surface area contributed by atoms with Crippen molar-refractivity contribution in [3.8, 4) is 0 Å². The van der Waals surface area contributed by atoms with Crippen molar-refractivity contribution in [3.63, 3.8) is 0 Å². The normalized spacial score (nSPS) is 21.8. The van der Waals surface area contributed by atoms with E-state index in [1.54, 1.807) is 0 Å². The number of methoxy groups -OCH3 is 1. The largest absolute Gasteiger partial charge is 0.469 e. The molecule has 76 valence electrons. The van der Waals surface area contributed by atoms with E-state index in [1.165, 1.54) is 7.11 Å². The molecule has 1 unspecified atom stereocenters. The molecule has 1 aliphatic carbocycles. The van der Waals surface area contributed by atoms with Gasteiger partial charge in [0.05, 0.1) is 12.5 Å². The Kier molecular flexibility index (Phi) is 3.31. The Morgan fingerprint density at radius 1 is 1.62 bits per heavy atom. The number of carbonyl (C=O) groups excluding carboxylic acids is 1. The van der Waals surface area contributed by atoms with Gasteiger partial charge in [-0.25, -0.2) is 0 Å². The van der Waals surface area contributed by atoms with Crippen molar-refractivity contribution >= 4 is 5.97 Å². The molecule has 3 heteroatoms. The fraction of sp³-hybridized carbons (Fsp3) is 0.900. The van der Waals surface area contributed by atoms with Crippen molar-refractivity contribution in [2.75, 3.05) is 14.2 Å². The smallest absolute Gasteiger partial charge is 0.313 e. The maximum absolute atomic E-state index is 11.6. The molecule has 0 amide bonds. The lowest BCUT2D eigenvalue weighted by atomic mass is 9.63. The minimum atomic E-state index is -0.224. The predicted octanol–water partition coefficient (Wildman–Crippen LogP) is 1.33. The molecule has 0 spiro atoms. The SMILES string of the molecule is CCC(NC)C1(C(=O)OC)CCC1. The van der Waals surface area contributed by atoms with Crippen LogP contribution in [0.25, 0.3) is 0 Å². The van der Waals surface area contributed by atoms with Crippen LogP contribution in [0.1, 0.15) is 32.6 Å². The third-order valence-electron chi connectivity index (χ3n) is 3.26. The third-order valence-corrected chi connectivity index (χ3v) is 3.26. The lowest BCUT2D eigenvalue weighted by Gasteiger charge is -2.44. The maximum Gasteiger partial charge on any atom is 0.313 e. The van der Waals surface area contributed by atoms with Crippen molar-refractivity contribution in [2.45, 2.75) is 38.6 Å². The first kappa shape index (κ1) is 10.5. The van der Waals surface area contributed by atoms with E-state index < -0.39 is 0 Å². The van der Waals surface area contributed by atoms with Crippen LogP contribution < -0.4 is 5.32 Å². The Morgan fingerprint density at radius 2 is 2.23 bits per heavy atom. The summed E-state index contributed by atoms with van der Waals surface area (Å²) in [6.07, 6.45) is 4.07. The first-order valence-corrected chi connectivity index (χ1v) is 4.97. The Bertz CT molecular complexity index is 183. The Morgan fingerprint density at radius 3 is 2.46 bits per heavy atom. The van der Waals surface area contributed by atoms with Gasteiger partial charge in [0.1, 0.15) is 0 Å². The molecule has 1 atom stereocenters. The Labute approximate surface area is 79.8 Å². The molecule has 0 aromatic carbocycles. The van der Waals surface area contributed by atoms with Gasteiger partial charge in [0.25, 0.3) is 0 Å². The van der Waals surface area contributed by atoms with Gasteiger partial charge >= 0.3 is 5.97 Å². The summed E-state index contributed by atoms with van der Waals surface area (Å²) in [5, 5.41) is 3.21. The van der Waals surface area contributed by atoms with Crippen LogP contribution in [-0.4, -0.2) is 26.2 Å². The highest BCUT2D eigenvalue weighted by molar-refractivity contribution is 5.78. The van der Waals surface area contributed by atoms with Gasteiger partial charge in [0.15, 0.2) is 0 Å². The molecule has 1 N–H and O–H groups in total. The molecule has 0 aromatic heterocycles. The van der Waals surface area contributed by atoms with E-state index in [9.17, 15) is 4.79 Å². The van der Waals surface area contributed by atoms with Crippen molar-refractivity contribution in [3.05, 3.63) is 0 Å². The number of ether oxygens (including phenoxy) is 1. The second-order valence-electron chi connectivity index (χ2n) is 3.75. The van der Waals surface area contributed by atoms with Crippen LogP contribution >= 0.6 is 0 Å². The molecule has 0 aromatic rings. The summed E-state index contributed by atoms with van der Waals surface area (Å²) in [5.74, 6) is -0.0417. The van der Waals surface area contributed by atoms with Crippen molar-refractivity contribution in [2.24, 2.45) is 5.41 Å². The minimum Gasteiger partial charge on any atom is -0.469 e. The number of hydrogen-bond donors (Lipinski definition) is 1. The van der Waals surface area contributed by atoms with Crippen LogP contribution in [0.3, 0.4) is 0 Å². The van der Waals surface area contributed by atoms with Crippen LogP contribution in [0.4, 0.5) is 0 Å². The highest BCUT2D eigenvalue weighted by atomic mass is 16.5. The zero-order chi connectivity index (χ0) is 9.90. The van der Waals surface area contributed by atoms with Gasteiger partial charge in [-0.15, -0.1) is 0 Å². The van der Waals surface area contributed by atoms with Crippen LogP contribution in [0.15, 0.2) is 0 Å². The number of nitrogens with one attached hydrogen (secondary N) is 1. The van der Waals surface area contributed by atoms with E-state index in [2.05, 4.69) is 12.2 Å². The van der Waals surface area contributed by atoms with Crippen LogP contribution in [0.2, 0.25) is 0 Å². The molecule has 0 heterocycles. The van der Waals surface area contributed by atoms with Gasteiger partial charge in [-0.1, -0.05) is 13.3 Å². The number of rotatable bonds is 4. The minimum absolute atomic E-state index is 0.0417. The highest BCUT2D eigenvalue weighted by Crippen LogP contribution is 2.45. The topological polar surface area (TPSA) is 38.3 Å². The molecule has 13 heavy (non-hydrogen) atoms. The summed E-state index contributed by atoms with van der Waals surface area (Å²) < 4.78 is 4.86. The molecule has 3 nitrogen and oxygen atoms in total. The predicted molar refractivity (Wildman–Crippen MR) is 51.4 cm³/mol. The maximum atomic E-state index is 11.6. The Hall–Kier alpha value is -0.570. The number of carbonyl (C=O) groups is 1. The molecule has 0 bridgehead atoms. The van der Waals surface area contributed by atoms with Gasteiger partial charge < -0.3 is 10.1 Å². The van der Waals surface area contributed by atoms with Crippen LogP contribution in [0, 0.1) is 5.41 Å². The van der Waals surface area contributed by atoms with Crippen molar-refractivity contribution < 1.29 is 9.53 Å². The zero-order valence-electron chi connectivity index (χ0n) is 8.72. The number of esters is 1. The van der Waals surface area contributed by atoms with E-state index in [0.29, 0.717) is 0 Å². The number of hydrogen-bond acceptors (Lipinski definition) is 3. The molecular weight excluding hydrogens is 166 g/mol. The summed E-state index contributed by atoms with van der Waals surface area (Å²) in [5.41, 5.74) is -0.224. The van der Waals surface area contributed by atoms with Crippen LogP contribution in [0.5, 0.6) is 0 Å². The fourth-order valence-corrected chi connectivity index (χ4v) is 2.33. The summed E-state index contributed by atoms with van der Waals surface area (Å²) in [4.78, 5) is 11.6. The standard InChI is InChI=1S/C10H19NO2/c1-4-8(11-2)10(6-5-7-10)9(12)13-3/h8,11H,4-7H2,1-3H3. The Balaban J connectivity index is 2.73. The second kappa shape index (κ2) is 4.09. The van der Waals surface area contributed by atoms with E-state index >= 15 is 0 Å². The lowest BCUT2D eigenvalue weighted by molar-refractivity contribution is -0.161. The van der Waals surface area contributed by atoms with Gasteiger partial charge in [0, 0.05) is 6.04 Å². The molecule has 1 saturated carbocycles. The average molecular weight is 185 g/mol. The van der Waals surface area contributed by atoms with E-state index in [-0.39, 0.29) is 17.4 Å². The molecule has 1 rings (SSSR count). The van der Waals surface area contributed by atoms with E-state index in [0.717, 1.165) is 25.7 Å². The lowest BCUT2D eigenvalue weighted by Crippen LogP contribution is -2.53. The third kappa shape index (κ3) is 1.57. The van der Waals surface area contributed by atoms with E-state index in [4.69, 9.17) is 4.74 Å². The first-order valence-electron chi connectivity index (χ1n) is 4.97. The summed E-state index contributed by atoms with van der Waals surface area (Å²) in [7, 11) is 3.39. The molecular formula is C10H19NO2. The summed E-state index contributed by atoms with van der Waals surface area (Å²) in [6, 6.07) is 0.272. The molecule has 1 fully saturated rings. The van der Waals surface area contributed by atoms with Crippen molar-refractivity contribution in [1.82, 2.24) is 5.32 Å². The first-order chi connectivity index (χ1) is 6.21. The summed E-state index contributed by atoms with van der Waals surface area (Å²) in [6.45, 7) is 2.10. The molecule has 1 aliphatic rings. The molecule has 0 radical (unpaired) electrons. The highest BCUT2D eigenvalue weighted by Gasteiger charge is 2.50. The zero-order valence-corrected chi connectivity index (χ0v) is 8.72. The summed E-state index contributed by atoms with van der Waals surface area (Å²) >= 11 is 0. The van der Waals surface area contributed by atoms with Gasteiger partial charge in [-0.3, -0.25) is 4.79 Å². The van der Waals surface area contributed by atoms with Gasteiger partial charge in [-0.2, -0.15) is 0 Å². The second-order valence-corrected chi connectivity index (χ2v) is 3.75. The van der Waals surface area contributed by atoms with E-state index in [1.807, 2.05) is 7.05 Å². The average Bonchev–Trinajstić information content (AvgIpc) is 2.09.